The van der Waals surface area contributed by atoms with Crippen LogP contribution >= 0.6 is 0 Å². The highest BCUT2D eigenvalue weighted by Crippen LogP contribution is 2.37. The van der Waals surface area contributed by atoms with Gasteiger partial charge in [0.25, 0.3) is 0 Å². The van der Waals surface area contributed by atoms with Gasteiger partial charge in [-0.15, -0.1) is 0 Å². The number of imide groups is 1. The van der Waals surface area contributed by atoms with Gasteiger partial charge in [0.1, 0.15) is 17.3 Å². The number of amides is 2. The maximum absolute atomic E-state index is 13.4. The third-order valence-corrected chi connectivity index (χ3v) is 4.77. The van der Waals surface area contributed by atoms with E-state index in [1.807, 2.05) is 30.3 Å². The molecule has 0 aromatic heterocycles. The van der Waals surface area contributed by atoms with E-state index in [0.717, 1.165) is 10.5 Å². The van der Waals surface area contributed by atoms with E-state index in [0.29, 0.717) is 5.56 Å². The Bertz CT molecular complexity index is 903. The van der Waals surface area contributed by atoms with Crippen LogP contribution in [0.1, 0.15) is 44.2 Å². The van der Waals surface area contributed by atoms with Gasteiger partial charge in [-0.3, -0.25) is 19.3 Å². The second-order valence-corrected chi connectivity index (χ2v) is 8.18. The number of likely N-dealkylation sites (tertiary alicyclic amines) is 1. The maximum Gasteiger partial charge on any atom is 0.319 e. The van der Waals surface area contributed by atoms with Crippen LogP contribution in [0.4, 0.5) is 4.39 Å². The Balaban J connectivity index is 1.95. The molecule has 0 spiro atoms. The van der Waals surface area contributed by atoms with Gasteiger partial charge in [-0.1, -0.05) is 42.5 Å². The SMILES string of the molecule is CC(C)(C)OC(=O)C1C(=O)N(Cc2ccccc2)C(=O)CC1c1ccc(F)cc1. The Morgan fingerprint density at radius 1 is 1.07 bits per heavy atom. The van der Waals surface area contributed by atoms with Crippen LogP contribution in [0.2, 0.25) is 0 Å². The number of hydrogen-bond donors (Lipinski definition) is 0. The zero-order valence-electron chi connectivity index (χ0n) is 16.7. The quantitative estimate of drug-likeness (QED) is 0.447. The van der Waals surface area contributed by atoms with Crippen molar-refractivity contribution in [2.24, 2.45) is 5.92 Å². The van der Waals surface area contributed by atoms with Gasteiger partial charge in [0.15, 0.2) is 0 Å². The number of piperidine rings is 1. The molecule has 1 fully saturated rings. The monoisotopic (exact) mass is 397 g/mol. The summed E-state index contributed by atoms with van der Waals surface area (Å²) in [6, 6.07) is 14.6. The van der Waals surface area contributed by atoms with Crippen LogP contribution in [0, 0.1) is 11.7 Å². The molecule has 6 heteroatoms. The van der Waals surface area contributed by atoms with Crippen LogP contribution < -0.4 is 0 Å². The lowest BCUT2D eigenvalue weighted by Gasteiger charge is -2.36. The number of carbonyl (C=O) groups excluding carboxylic acids is 3. The van der Waals surface area contributed by atoms with Crippen LogP contribution in [-0.2, 0) is 25.7 Å². The average molecular weight is 397 g/mol. The van der Waals surface area contributed by atoms with Crippen molar-refractivity contribution in [1.29, 1.82) is 0 Å². The minimum atomic E-state index is -1.17. The van der Waals surface area contributed by atoms with E-state index >= 15 is 0 Å². The van der Waals surface area contributed by atoms with Gasteiger partial charge in [0, 0.05) is 12.3 Å². The normalized spacial score (nSPS) is 19.9. The fourth-order valence-electron chi connectivity index (χ4n) is 3.46. The summed E-state index contributed by atoms with van der Waals surface area (Å²) in [7, 11) is 0. The van der Waals surface area contributed by atoms with Gasteiger partial charge in [0.05, 0.1) is 6.54 Å². The molecule has 2 atom stereocenters. The van der Waals surface area contributed by atoms with Crippen molar-refractivity contribution in [2.45, 2.75) is 45.3 Å². The zero-order valence-corrected chi connectivity index (χ0v) is 16.7. The number of hydrogen-bond acceptors (Lipinski definition) is 4. The Labute approximate surface area is 169 Å². The van der Waals surface area contributed by atoms with E-state index in [-0.39, 0.29) is 18.9 Å². The van der Waals surface area contributed by atoms with Crippen molar-refractivity contribution in [3.63, 3.8) is 0 Å². The van der Waals surface area contributed by atoms with Crippen LogP contribution in [0.3, 0.4) is 0 Å². The Morgan fingerprint density at radius 2 is 1.69 bits per heavy atom. The first-order valence-corrected chi connectivity index (χ1v) is 9.52. The Morgan fingerprint density at radius 3 is 2.28 bits per heavy atom. The molecule has 0 saturated carbocycles. The smallest absolute Gasteiger partial charge is 0.319 e. The van der Waals surface area contributed by atoms with Crippen LogP contribution in [0.15, 0.2) is 54.6 Å². The van der Waals surface area contributed by atoms with Gasteiger partial charge in [-0.2, -0.15) is 0 Å². The molecule has 2 amide bonds. The molecule has 152 valence electrons. The summed E-state index contributed by atoms with van der Waals surface area (Å²) in [4.78, 5) is 40.1. The molecule has 2 aromatic carbocycles. The van der Waals surface area contributed by atoms with Gasteiger partial charge < -0.3 is 4.74 Å². The summed E-state index contributed by atoms with van der Waals surface area (Å²) in [5.41, 5.74) is 0.567. The minimum Gasteiger partial charge on any atom is -0.459 e. The molecular weight excluding hydrogens is 373 g/mol. The van der Waals surface area contributed by atoms with E-state index in [9.17, 15) is 18.8 Å². The van der Waals surface area contributed by atoms with Gasteiger partial charge in [-0.05, 0) is 44.0 Å². The zero-order chi connectivity index (χ0) is 21.2. The second kappa shape index (κ2) is 8.15. The number of nitrogens with zero attached hydrogens (tertiary/aromatic N) is 1. The number of rotatable bonds is 4. The van der Waals surface area contributed by atoms with E-state index in [1.54, 1.807) is 20.8 Å². The minimum absolute atomic E-state index is 0.0336. The molecule has 1 heterocycles. The molecule has 0 N–H and O–H groups in total. The molecule has 1 saturated heterocycles. The molecule has 0 bridgehead atoms. The fourth-order valence-corrected chi connectivity index (χ4v) is 3.46. The van der Waals surface area contributed by atoms with Crippen LogP contribution in [-0.4, -0.2) is 28.3 Å². The summed E-state index contributed by atoms with van der Waals surface area (Å²) in [5, 5.41) is 0. The predicted octanol–water partition coefficient (Wildman–Crippen LogP) is 3.83. The maximum atomic E-state index is 13.4. The summed E-state index contributed by atoms with van der Waals surface area (Å²) >= 11 is 0. The predicted molar refractivity (Wildman–Crippen MR) is 105 cm³/mol. The molecule has 5 nitrogen and oxygen atoms in total. The lowest BCUT2D eigenvalue weighted by molar-refractivity contribution is -0.170. The molecule has 0 aliphatic carbocycles. The number of carbonyl (C=O) groups is 3. The Kier molecular flexibility index (Phi) is 5.82. The van der Waals surface area contributed by atoms with E-state index in [1.165, 1.54) is 24.3 Å². The lowest BCUT2D eigenvalue weighted by atomic mass is 9.79. The first-order chi connectivity index (χ1) is 13.7. The Hall–Kier alpha value is -3.02. The molecule has 0 radical (unpaired) electrons. The fraction of sp³-hybridized carbons (Fsp3) is 0.348. The van der Waals surface area contributed by atoms with Crippen molar-refractivity contribution in [3.8, 4) is 0 Å². The summed E-state index contributed by atoms with van der Waals surface area (Å²) in [6.45, 7) is 5.25. The van der Waals surface area contributed by atoms with E-state index < -0.39 is 35.1 Å². The topological polar surface area (TPSA) is 63.7 Å². The summed E-state index contributed by atoms with van der Waals surface area (Å²) < 4.78 is 18.8. The lowest BCUT2D eigenvalue weighted by Crippen LogP contribution is -2.51. The first-order valence-electron chi connectivity index (χ1n) is 9.52. The molecule has 3 rings (SSSR count). The van der Waals surface area contributed by atoms with Crippen molar-refractivity contribution in [2.75, 3.05) is 0 Å². The van der Waals surface area contributed by atoms with Crippen LogP contribution in [0.25, 0.3) is 0 Å². The number of esters is 1. The third kappa shape index (κ3) is 4.88. The van der Waals surface area contributed by atoms with Crippen molar-refractivity contribution in [1.82, 2.24) is 4.90 Å². The van der Waals surface area contributed by atoms with Gasteiger partial charge >= 0.3 is 5.97 Å². The molecule has 2 unspecified atom stereocenters. The molecule has 1 aliphatic rings. The molecule has 29 heavy (non-hydrogen) atoms. The van der Waals surface area contributed by atoms with Crippen molar-refractivity contribution < 1.29 is 23.5 Å². The molecular formula is C23H24FNO4. The first kappa shape index (κ1) is 20.7. The number of halogens is 1. The number of benzene rings is 2. The van der Waals surface area contributed by atoms with Gasteiger partial charge in [-0.25, -0.2) is 4.39 Å². The highest BCUT2D eigenvalue weighted by Gasteiger charge is 2.47. The van der Waals surface area contributed by atoms with E-state index in [4.69, 9.17) is 4.74 Å². The highest BCUT2D eigenvalue weighted by molar-refractivity contribution is 6.08. The molecule has 1 aliphatic heterocycles. The average Bonchev–Trinajstić information content (AvgIpc) is 2.64. The summed E-state index contributed by atoms with van der Waals surface area (Å²) in [5.74, 6) is -3.93. The standard InChI is InChI=1S/C23H24FNO4/c1-23(2,3)29-22(28)20-18(16-9-11-17(24)12-10-16)13-19(26)25(21(20)27)14-15-7-5-4-6-8-15/h4-12,18,20H,13-14H2,1-3H3. The number of ether oxygens (including phenoxy) is 1. The highest BCUT2D eigenvalue weighted by atomic mass is 19.1. The van der Waals surface area contributed by atoms with Crippen molar-refractivity contribution in [3.05, 3.63) is 71.5 Å². The largest absolute Gasteiger partial charge is 0.459 e. The summed E-state index contributed by atoms with van der Waals surface area (Å²) in [6.07, 6.45) is -0.0336. The third-order valence-electron chi connectivity index (χ3n) is 4.77. The second-order valence-electron chi connectivity index (χ2n) is 8.18. The van der Waals surface area contributed by atoms with E-state index in [2.05, 4.69) is 0 Å². The molecule has 2 aromatic rings. The van der Waals surface area contributed by atoms with Gasteiger partial charge in [0.2, 0.25) is 11.8 Å². The van der Waals surface area contributed by atoms with Crippen LogP contribution in [0.5, 0.6) is 0 Å². The van der Waals surface area contributed by atoms with Crippen molar-refractivity contribution >= 4 is 17.8 Å².